The summed E-state index contributed by atoms with van der Waals surface area (Å²) in [6.45, 7) is 0. The molecular formula is C14H7F4O8S-. The second-order valence-corrected chi connectivity index (χ2v) is 7.48. The number of fused-ring (bicyclic) bond motifs is 1. The number of hydrogen-bond acceptors (Lipinski definition) is 8. The van der Waals surface area contributed by atoms with Crippen LogP contribution in [0, 0.1) is 29.2 Å². The maximum Gasteiger partial charge on any atom is 0.344 e. The summed E-state index contributed by atoms with van der Waals surface area (Å²) >= 11 is 0. The van der Waals surface area contributed by atoms with Crippen LogP contribution >= 0.6 is 0 Å². The van der Waals surface area contributed by atoms with Crippen LogP contribution in [-0.2, 0) is 29.1 Å². The van der Waals surface area contributed by atoms with Gasteiger partial charge in [0.05, 0.1) is 12.0 Å². The second-order valence-electron chi connectivity index (χ2n) is 6.17. The van der Waals surface area contributed by atoms with E-state index in [0.717, 1.165) is 0 Å². The van der Waals surface area contributed by atoms with Crippen molar-refractivity contribution in [2.45, 2.75) is 35.7 Å². The Balaban J connectivity index is 1.69. The van der Waals surface area contributed by atoms with Gasteiger partial charge in [0.25, 0.3) is 0 Å². The number of esters is 2. The highest BCUT2D eigenvalue weighted by atomic mass is 32.2. The van der Waals surface area contributed by atoms with Crippen molar-refractivity contribution in [3.05, 3.63) is 28.8 Å². The number of halogens is 4. The number of hydrogen-bond donors (Lipinski definition) is 0. The lowest BCUT2D eigenvalue weighted by molar-refractivity contribution is -0.145. The van der Waals surface area contributed by atoms with E-state index in [1.165, 1.54) is 0 Å². The minimum absolute atomic E-state index is 0.124. The SMILES string of the molecule is O=C(OC1C2CC3C(=O)OC1C3O2)c1c(F)c(F)c(S(=O)(=O)[O-])c(F)c1F. The molecule has 13 heteroatoms. The highest BCUT2D eigenvalue weighted by Gasteiger charge is 2.65. The van der Waals surface area contributed by atoms with Gasteiger partial charge in [-0.15, -0.1) is 0 Å². The molecule has 27 heavy (non-hydrogen) atoms. The first-order chi connectivity index (χ1) is 12.5. The summed E-state index contributed by atoms with van der Waals surface area (Å²) in [5, 5.41) is 0. The summed E-state index contributed by atoms with van der Waals surface area (Å²) < 4.78 is 103. The van der Waals surface area contributed by atoms with E-state index in [-0.39, 0.29) is 6.42 Å². The van der Waals surface area contributed by atoms with Crippen molar-refractivity contribution in [3.8, 4) is 0 Å². The predicted octanol–water partition coefficient (Wildman–Crippen LogP) is 0.385. The lowest BCUT2D eigenvalue weighted by Gasteiger charge is -2.22. The summed E-state index contributed by atoms with van der Waals surface area (Å²) in [5.41, 5.74) is -1.86. The van der Waals surface area contributed by atoms with Gasteiger partial charge in [-0.05, 0) is 6.42 Å². The first-order valence-electron chi connectivity index (χ1n) is 7.41. The van der Waals surface area contributed by atoms with Gasteiger partial charge >= 0.3 is 11.9 Å². The molecule has 3 aliphatic heterocycles. The smallest absolute Gasteiger partial charge is 0.344 e. The van der Waals surface area contributed by atoms with Crippen LogP contribution in [0.4, 0.5) is 17.6 Å². The van der Waals surface area contributed by atoms with Crippen molar-refractivity contribution < 1.29 is 54.3 Å². The van der Waals surface area contributed by atoms with Gasteiger partial charge in [-0.1, -0.05) is 0 Å². The van der Waals surface area contributed by atoms with Crippen molar-refractivity contribution in [1.29, 1.82) is 0 Å². The lowest BCUT2D eigenvalue weighted by atomic mass is 9.88. The Morgan fingerprint density at radius 2 is 1.67 bits per heavy atom. The molecular weight excluding hydrogens is 404 g/mol. The lowest BCUT2D eigenvalue weighted by Crippen LogP contribution is -2.40. The summed E-state index contributed by atoms with van der Waals surface area (Å²) in [6, 6.07) is 0. The average molecular weight is 411 g/mol. The number of carbonyl (C=O) groups is 2. The highest BCUT2D eigenvalue weighted by Crippen LogP contribution is 2.47. The standard InChI is InChI=1S/C14H8F4O8S/c15-5-4(6(16)8(18)12(7(5)17)27(21,22)23)14(20)25-10-3-1-2-9(24-3)11(10)26-13(2)19/h2-3,9-11H,1H2,(H,21,22,23)/p-1. The Labute approximate surface area is 147 Å². The third kappa shape index (κ3) is 2.45. The maximum absolute atomic E-state index is 14.0. The van der Waals surface area contributed by atoms with Crippen LogP contribution in [0.25, 0.3) is 0 Å². The van der Waals surface area contributed by atoms with Crippen molar-refractivity contribution in [2.24, 2.45) is 5.92 Å². The third-order valence-electron chi connectivity index (χ3n) is 4.70. The van der Waals surface area contributed by atoms with E-state index < -0.39 is 86.1 Å². The molecule has 8 nitrogen and oxygen atoms in total. The first-order valence-corrected chi connectivity index (χ1v) is 8.82. The van der Waals surface area contributed by atoms with Gasteiger partial charge in [-0.3, -0.25) is 4.79 Å². The molecule has 0 N–H and O–H groups in total. The molecule has 2 bridgehead atoms. The van der Waals surface area contributed by atoms with Crippen molar-refractivity contribution in [2.75, 3.05) is 0 Å². The van der Waals surface area contributed by atoms with Gasteiger partial charge in [-0.25, -0.2) is 30.8 Å². The molecule has 0 spiro atoms. The van der Waals surface area contributed by atoms with Gasteiger partial charge in [0.15, 0.2) is 35.5 Å². The molecule has 3 heterocycles. The van der Waals surface area contributed by atoms with Gasteiger partial charge in [0.2, 0.25) is 0 Å². The molecule has 1 aromatic carbocycles. The van der Waals surface area contributed by atoms with Gasteiger partial charge in [0.1, 0.15) is 26.7 Å². The van der Waals surface area contributed by atoms with Crippen LogP contribution in [0.5, 0.6) is 0 Å². The van der Waals surface area contributed by atoms with Crippen LogP contribution in [0.15, 0.2) is 4.90 Å². The zero-order chi connectivity index (χ0) is 19.8. The minimum atomic E-state index is -5.90. The number of ether oxygens (including phenoxy) is 3. The molecule has 5 atom stereocenters. The zero-order valence-electron chi connectivity index (χ0n) is 12.8. The van der Waals surface area contributed by atoms with E-state index in [1.807, 2.05) is 0 Å². The summed E-state index contributed by atoms with van der Waals surface area (Å²) in [5.74, 6) is -12.9. The van der Waals surface area contributed by atoms with Gasteiger partial charge < -0.3 is 18.8 Å². The normalized spacial score (nSPS) is 31.3. The topological polar surface area (TPSA) is 119 Å². The van der Waals surface area contributed by atoms with Crippen LogP contribution in [0.2, 0.25) is 0 Å². The van der Waals surface area contributed by atoms with Crippen molar-refractivity contribution in [1.82, 2.24) is 0 Å². The number of carbonyl (C=O) groups excluding carboxylic acids is 2. The molecule has 0 aliphatic carbocycles. The zero-order valence-corrected chi connectivity index (χ0v) is 13.6. The quantitative estimate of drug-likeness (QED) is 0.303. The van der Waals surface area contributed by atoms with Crippen molar-refractivity contribution in [3.63, 3.8) is 0 Å². The van der Waals surface area contributed by atoms with E-state index in [2.05, 4.69) is 0 Å². The molecule has 4 rings (SSSR count). The Morgan fingerprint density at radius 3 is 2.22 bits per heavy atom. The van der Waals surface area contributed by atoms with Crippen LogP contribution in [0.1, 0.15) is 16.8 Å². The molecule has 3 saturated heterocycles. The van der Waals surface area contributed by atoms with Gasteiger partial charge in [0, 0.05) is 0 Å². The molecule has 0 aromatic heterocycles. The Hall–Kier alpha value is -2.25. The van der Waals surface area contributed by atoms with E-state index in [9.17, 15) is 40.1 Å². The molecule has 0 amide bonds. The molecule has 0 radical (unpaired) electrons. The average Bonchev–Trinajstić information content (AvgIpc) is 3.17. The van der Waals surface area contributed by atoms with E-state index in [1.54, 1.807) is 0 Å². The molecule has 3 aliphatic rings. The number of rotatable bonds is 3. The monoisotopic (exact) mass is 411 g/mol. The predicted molar refractivity (Wildman–Crippen MR) is 70.1 cm³/mol. The molecule has 1 aromatic rings. The molecule has 3 fully saturated rings. The maximum atomic E-state index is 14.0. The fourth-order valence-electron chi connectivity index (χ4n) is 3.57. The number of benzene rings is 1. The fraction of sp³-hybridized carbons (Fsp3) is 0.429. The van der Waals surface area contributed by atoms with Crippen LogP contribution in [0.3, 0.4) is 0 Å². The van der Waals surface area contributed by atoms with E-state index >= 15 is 0 Å². The first kappa shape index (κ1) is 18.1. The molecule has 0 saturated carbocycles. The van der Waals surface area contributed by atoms with E-state index in [0.29, 0.717) is 0 Å². The van der Waals surface area contributed by atoms with Crippen LogP contribution < -0.4 is 0 Å². The Morgan fingerprint density at radius 1 is 1.07 bits per heavy atom. The minimum Gasteiger partial charge on any atom is -0.744 e. The third-order valence-corrected chi connectivity index (χ3v) is 5.56. The van der Waals surface area contributed by atoms with Crippen LogP contribution in [-0.4, -0.2) is 49.3 Å². The Kier molecular flexibility index (Phi) is 3.78. The Bertz CT molecular complexity index is 964. The molecule has 5 unspecified atom stereocenters. The molecule has 146 valence electrons. The highest BCUT2D eigenvalue weighted by molar-refractivity contribution is 7.85. The largest absolute Gasteiger partial charge is 0.744 e. The fourth-order valence-corrected chi connectivity index (χ4v) is 4.19. The summed E-state index contributed by atoms with van der Waals surface area (Å²) in [4.78, 5) is 21.3. The summed E-state index contributed by atoms with van der Waals surface area (Å²) in [7, 11) is -5.90. The second kappa shape index (κ2) is 5.62. The van der Waals surface area contributed by atoms with Crippen molar-refractivity contribution >= 4 is 22.1 Å². The summed E-state index contributed by atoms with van der Waals surface area (Å²) in [6.07, 6.45) is -3.71. The van der Waals surface area contributed by atoms with E-state index in [4.69, 9.17) is 14.2 Å². The van der Waals surface area contributed by atoms with Gasteiger partial charge in [-0.2, -0.15) is 0 Å².